The number of ether oxygens (including phenoxy) is 1. The summed E-state index contributed by atoms with van der Waals surface area (Å²) in [5.41, 5.74) is 3.81. The van der Waals surface area contributed by atoms with Gasteiger partial charge in [0.1, 0.15) is 0 Å². The van der Waals surface area contributed by atoms with E-state index in [-0.39, 0.29) is 11.8 Å². The summed E-state index contributed by atoms with van der Waals surface area (Å²) in [4.78, 5) is 30.8. The van der Waals surface area contributed by atoms with Gasteiger partial charge in [-0.3, -0.25) is 14.8 Å². The van der Waals surface area contributed by atoms with E-state index in [2.05, 4.69) is 15.3 Å². The van der Waals surface area contributed by atoms with Gasteiger partial charge in [-0.25, -0.2) is 4.98 Å². The van der Waals surface area contributed by atoms with Crippen LogP contribution in [0, 0.1) is 11.8 Å². The molecule has 1 aromatic carbocycles. The van der Waals surface area contributed by atoms with Crippen molar-refractivity contribution in [3.8, 4) is 17.3 Å². The van der Waals surface area contributed by atoms with E-state index in [0.29, 0.717) is 30.8 Å². The summed E-state index contributed by atoms with van der Waals surface area (Å²) in [7, 11) is 0. The maximum absolute atomic E-state index is 12.8. The standard InChI is InChI=1S/C25H27N5O2/c31-24(28-15-20-14-26-12-13-27-20)19-8-10-21-22(11-9-19)29-23(18-4-2-1-3-5-18)30-25(21)32-16-17-6-7-17/h1-5,12-14,17,19H,6-11,15-16H2,(H,28,31). The molecule has 2 heterocycles. The van der Waals surface area contributed by atoms with Crippen LogP contribution in [-0.2, 0) is 24.2 Å². The summed E-state index contributed by atoms with van der Waals surface area (Å²) in [6.07, 6.45) is 10.4. The van der Waals surface area contributed by atoms with Crippen molar-refractivity contribution < 1.29 is 9.53 Å². The zero-order valence-electron chi connectivity index (χ0n) is 18.0. The van der Waals surface area contributed by atoms with Crippen LogP contribution in [0.25, 0.3) is 11.4 Å². The number of aryl methyl sites for hydroxylation is 1. The van der Waals surface area contributed by atoms with Gasteiger partial charge in [-0.1, -0.05) is 30.3 Å². The van der Waals surface area contributed by atoms with Gasteiger partial charge in [-0.2, -0.15) is 4.98 Å². The van der Waals surface area contributed by atoms with Gasteiger partial charge >= 0.3 is 0 Å². The molecule has 0 bridgehead atoms. The number of benzene rings is 1. The van der Waals surface area contributed by atoms with Crippen LogP contribution < -0.4 is 10.1 Å². The third-order valence-corrected chi connectivity index (χ3v) is 6.14. The third kappa shape index (κ3) is 4.93. The molecule has 164 valence electrons. The van der Waals surface area contributed by atoms with E-state index in [1.807, 2.05) is 30.3 Å². The molecule has 5 rings (SSSR count). The van der Waals surface area contributed by atoms with Gasteiger partial charge in [-0.05, 0) is 44.4 Å². The molecule has 2 aliphatic rings. The Balaban J connectivity index is 1.33. The van der Waals surface area contributed by atoms with E-state index in [4.69, 9.17) is 14.7 Å². The molecule has 0 radical (unpaired) electrons. The lowest BCUT2D eigenvalue weighted by atomic mass is 9.99. The molecule has 0 spiro atoms. The van der Waals surface area contributed by atoms with Crippen LogP contribution in [0.5, 0.6) is 5.88 Å². The lowest BCUT2D eigenvalue weighted by Gasteiger charge is -2.14. The van der Waals surface area contributed by atoms with Crippen molar-refractivity contribution in [3.05, 3.63) is 65.9 Å². The van der Waals surface area contributed by atoms with Crippen molar-refractivity contribution in [3.63, 3.8) is 0 Å². The molecule has 1 atom stereocenters. The second-order valence-electron chi connectivity index (χ2n) is 8.59. The van der Waals surface area contributed by atoms with Crippen LogP contribution in [-0.4, -0.2) is 32.4 Å². The maximum atomic E-state index is 12.8. The number of fused-ring (bicyclic) bond motifs is 1. The van der Waals surface area contributed by atoms with Crippen LogP contribution >= 0.6 is 0 Å². The molecule has 1 unspecified atom stereocenters. The zero-order valence-corrected chi connectivity index (χ0v) is 18.0. The van der Waals surface area contributed by atoms with Crippen LogP contribution in [0.1, 0.15) is 42.6 Å². The van der Waals surface area contributed by atoms with E-state index in [9.17, 15) is 4.79 Å². The van der Waals surface area contributed by atoms with E-state index in [1.54, 1.807) is 18.6 Å². The lowest BCUT2D eigenvalue weighted by molar-refractivity contribution is -0.125. The topological polar surface area (TPSA) is 89.9 Å². The number of carbonyl (C=O) groups excluding carboxylic acids is 1. The first-order valence-corrected chi connectivity index (χ1v) is 11.4. The summed E-state index contributed by atoms with van der Waals surface area (Å²) in [6, 6.07) is 10.0. The SMILES string of the molecule is O=C(NCc1cnccn1)C1CCc2nc(-c3ccccc3)nc(OCC3CC3)c2CC1. The number of carbonyl (C=O) groups is 1. The molecule has 0 aliphatic heterocycles. The minimum absolute atomic E-state index is 0.0557. The number of rotatable bonds is 7. The molecule has 0 saturated heterocycles. The maximum Gasteiger partial charge on any atom is 0.223 e. The number of hydrogen-bond donors (Lipinski definition) is 1. The van der Waals surface area contributed by atoms with Crippen molar-refractivity contribution in [1.82, 2.24) is 25.3 Å². The lowest BCUT2D eigenvalue weighted by Crippen LogP contribution is -2.30. The molecule has 7 heteroatoms. The number of hydrogen-bond acceptors (Lipinski definition) is 6. The van der Waals surface area contributed by atoms with Crippen molar-refractivity contribution in [2.24, 2.45) is 11.8 Å². The molecule has 1 N–H and O–H groups in total. The fourth-order valence-electron chi connectivity index (χ4n) is 4.06. The number of amides is 1. The molecule has 1 fully saturated rings. The summed E-state index contributed by atoms with van der Waals surface area (Å²) in [5, 5.41) is 3.01. The normalized spacial score (nSPS) is 17.8. The number of nitrogens with zero attached hydrogens (tertiary/aromatic N) is 4. The predicted molar refractivity (Wildman–Crippen MR) is 120 cm³/mol. The summed E-state index contributed by atoms with van der Waals surface area (Å²) in [5.74, 6) is 2.02. The third-order valence-electron chi connectivity index (χ3n) is 6.14. The average Bonchev–Trinajstić information content (AvgIpc) is 3.69. The van der Waals surface area contributed by atoms with Crippen LogP contribution in [0.15, 0.2) is 48.9 Å². The largest absolute Gasteiger partial charge is 0.477 e. The second kappa shape index (κ2) is 9.42. The van der Waals surface area contributed by atoms with Gasteiger partial charge in [0.2, 0.25) is 11.8 Å². The van der Waals surface area contributed by atoms with Crippen molar-refractivity contribution in [2.45, 2.75) is 45.1 Å². The Kier molecular flexibility index (Phi) is 6.05. The Labute approximate surface area is 187 Å². The molecule has 2 aromatic heterocycles. The highest BCUT2D eigenvalue weighted by atomic mass is 16.5. The van der Waals surface area contributed by atoms with E-state index in [0.717, 1.165) is 48.2 Å². The summed E-state index contributed by atoms with van der Waals surface area (Å²) >= 11 is 0. The summed E-state index contributed by atoms with van der Waals surface area (Å²) < 4.78 is 6.18. The van der Waals surface area contributed by atoms with Crippen molar-refractivity contribution in [1.29, 1.82) is 0 Å². The van der Waals surface area contributed by atoms with E-state index < -0.39 is 0 Å². The van der Waals surface area contributed by atoms with Gasteiger partial charge < -0.3 is 10.1 Å². The quantitative estimate of drug-likeness (QED) is 0.578. The first-order chi connectivity index (χ1) is 15.8. The van der Waals surface area contributed by atoms with E-state index in [1.165, 1.54) is 12.8 Å². The summed E-state index contributed by atoms with van der Waals surface area (Å²) in [6.45, 7) is 1.10. The predicted octanol–water partition coefficient (Wildman–Crippen LogP) is 3.53. The molecule has 1 saturated carbocycles. The zero-order chi connectivity index (χ0) is 21.8. The minimum Gasteiger partial charge on any atom is -0.477 e. The van der Waals surface area contributed by atoms with Gasteiger partial charge in [0, 0.05) is 29.4 Å². The first-order valence-electron chi connectivity index (χ1n) is 11.4. The van der Waals surface area contributed by atoms with Gasteiger partial charge in [0.25, 0.3) is 0 Å². The molecule has 1 amide bonds. The molecule has 2 aliphatic carbocycles. The number of nitrogens with one attached hydrogen (secondary N) is 1. The molecular formula is C25H27N5O2. The Morgan fingerprint density at radius 1 is 1.03 bits per heavy atom. The monoisotopic (exact) mass is 429 g/mol. The smallest absolute Gasteiger partial charge is 0.223 e. The Bertz CT molecular complexity index is 1070. The van der Waals surface area contributed by atoms with Crippen LogP contribution in [0.3, 0.4) is 0 Å². The van der Waals surface area contributed by atoms with Crippen molar-refractivity contribution >= 4 is 5.91 Å². The van der Waals surface area contributed by atoms with Crippen molar-refractivity contribution in [2.75, 3.05) is 6.61 Å². The minimum atomic E-state index is -0.0719. The number of aromatic nitrogens is 4. The molecule has 32 heavy (non-hydrogen) atoms. The fraction of sp³-hybridized carbons (Fsp3) is 0.400. The molecule has 3 aromatic rings. The first kappa shape index (κ1) is 20.5. The highest BCUT2D eigenvalue weighted by Crippen LogP contribution is 2.34. The van der Waals surface area contributed by atoms with Crippen LogP contribution in [0.2, 0.25) is 0 Å². The highest BCUT2D eigenvalue weighted by molar-refractivity contribution is 5.78. The second-order valence-corrected chi connectivity index (χ2v) is 8.59. The van der Waals surface area contributed by atoms with Gasteiger partial charge in [0.05, 0.1) is 30.7 Å². The average molecular weight is 430 g/mol. The molecular weight excluding hydrogens is 402 g/mol. The van der Waals surface area contributed by atoms with E-state index >= 15 is 0 Å². The van der Waals surface area contributed by atoms with Crippen LogP contribution in [0.4, 0.5) is 0 Å². The Morgan fingerprint density at radius 3 is 2.66 bits per heavy atom. The highest BCUT2D eigenvalue weighted by Gasteiger charge is 2.28. The van der Waals surface area contributed by atoms with Gasteiger partial charge in [-0.15, -0.1) is 0 Å². The van der Waals surface area contributed by atoms with Gasteiger partial charge in [0.15, 0.2) is 5.82 Å². The Morgan fingerprint density at radius 2 is 1.88 bits per heavy atom. The molecule has 7 nitrogen and oxygen atoms in total. The fourth-order valence-corrected chi connectivity index (χ4v) is 4.06. The Hall–Kier alpha value is -3.35.